The summed E-state index contributed by atoms with van der Waals surface area (Å²) in [5.74, 6) is -1.60. The fourth-order valence-electron chi connectivity index (χ4n) is 1.43. The first-order valence-corrected chi connectivity index (χ1v) is 8.41. The Morgan fingerprint density at radius 3 is 2.68 bits per heavy atom. The van der Waals surface area contributed by atoms with Gasteiger partial charge in [-0.1, -0.05) is 6.92 Å². The quantitative estimate of drug-likeness (QED) is 0.796. The van der Waals surface area contributed by atoms with E-state index in [1.165, 1.54) is 6.92 Å². The molecule has 0 aliphatic heterocycles. The predicted octanol–water partition coefficient (Wildman–Crippen LogP) is 1.71. The molecule has 0 radical (unpaired) electrons. The van der Waals surface area contributed by atoms with Gasteiger partial charge in [-0.25, -0.2) is 17.9 Å². The van der Waals surface area contributed by atoms with Crippen LogP contribution in [0.1, 0.15) is 29.7 Å². The molecule has 1 rings (SSSR count). The summed E-state index contributed by atoms with van der Waals surface area (Å²) < 4.78 is 31.3. The molecule has 1 aromatic heterocycles. The van der Waals surface area contributed by atoms with Gasteiger partial charge in [0.05, 0.1) is 0 Å². The van der Waals surface area contributed by atoms with Crippen molar-refractivity contribution in [3.63, 3.8) is 0 Å². The molecule has 108 valence electrons. The van der Waals surface area contributed by atoms with E-state index >= 15 is 0 Å². The highest BCUT2D eigenvalue weighted by Crippen LogP contribution is 2.20. The van der Waals surface area contributed by atoms with Crippen molar-refractivity contribution in [1.29, 1.82) is 0 Å². The van der Waals surface area contributed by atoms with Crippen LogP contribution in [0.2, 0.25) is 0 Å². The Morgan fingerprint density at radius 1 is 1.58 bits per heavy atom. The molecule has 0 amide bonds. The van der Waals surface area contributed by atoms with Crippen LogP contribution in [0.3, 0.4) is 0 Å². The molecule has 1 heterocycles. The second kappa shape index (κ2) is 6.44. The van der Waals surface area contributed by atoms with E-state index in [0.717, 1.165) is 6.07 Å². The molecule has 0 fully saturated rings. The molecular formula is C11H17NO5S2. The molecule has 0 aromatic carbocycles. The molecule has 1 atom stereocenters. The molecule has 0 saturated heterocycles. The van der Waals surface area contributed by atoms with Gasteiger partial charge in [0.1, 0.15) is 10.7 Å². The van der Waals surface area contributed by atoms with Gasteiger partial charge in [0.25, 0.3) is 0 Å². The van der Waals surface area contributed by atoms with Crippen LogP contribution in [0.25, 0.3) is 0 Å². The van der Waals surface area contributed by atoms with Gasteiger partial charge in [-0.05, 0) is 19.6 Å². The minimum absolute atomic E-state index is 0.0721. The highest BCUT2D eigenvalue weighted by atomic mass is 32.2. The first-order valence-electron chi connectivity index (χ1n) is 5.64. The Balaban J connectivity index is 2.80. The number of carboxylic acid groups (broad SMARTS) is 1. The fraction of sp³-hybridized carbons (Fsp3) is 0.545. The molecule has 0 aliphatic carbocycles. The molecular weight excluding hydrogens is 290 g/mol. The molecule has 8 heteroatoms. The van der Waals surface area contributed by atoms with E-state index in [1.54, 1.807) is 11.8 Å². The van der Waals surface area contributed by atoms with Crippen LogP contribution in [-0.2, 0) is 10.0 Å². The number of aromatic carboxylic acids is 1. The second-order valence-electron chi connectivity index (χ2n) is 4.07. The maximum atomic E-state index is 12.0. The van der Waals surface area contributed by atoms with Gasteiger partial charge in [0, 0.05) is 17.9 Å². The SMILES string of the molecule is CSC(C)CCNS(=O)(=O)c1cc(C(=O)O)oc1C. The third-order valence-corrected chi connectivity index (χ3v) is 5.23. The van der Waals surface area contributed by atoms with E-state index in [1.807, 2.05) is 13.2 Å². The van der Waals surface area contributed by atoms with Crippen molar-refractivity contribution in [3.8, 4) is 0 Å². The third-order valence-electron chi connectivity index (χ3n) is 2.62. The monoisotopic (exact) mass is 307 g/mol. The largest absolute Gasteiger partial charge is 0.475 e. The molecule has 6 nitrogen and oxygen atoms in total. The van der Waals surface area contributed by atoms with Crippen LogP contribution in [0, 0.1) is 6.92 Å². The van der Waals surface area contributed by atoms with Crippen LogP contribution < -0.4 is 4.72 Å². The maximum absolute atomic E-state index is 12.0. The van der Waals surface area contributed by atoms with Gasteiger partial charge in [0.15, 0.2) is 0 Å². The smallest absolute Gasteiger partial charge is 0.371 e. The van der Waals surface area contributed by atoms with Crippen molar-refractivity contribution in [3.05, 3.63) is 17.6 Å². The summed E-state index contributed by atoms with van der Waals surface area (Å²) in [5, 5.41) is 9.11. The Bertz CT molecular complexity index is 549. The van der Waals surface area contributed by atoms with Crippen molar-refractivity contribution in [1.82, 2.24) is 4.72 Å². The minimum atomic E-state index is -3.72. The van der Waals surface area contributed by atoms with Crippen LogP contribution in [-0.4, -0.2) is 37.5 Å². The summed E-state index contributed by atoms with van der Waals surface area (Å²) in [6.07, 6.45) is 2.65. The average molecular weight is 307 g/mol. The molecule has 2 N–H and O–H groups in total. The van der Waals surface area contributed by atoms with Gasteiger partial charge >= 0.3 is 5.97 Å². The van der Waals surface area contributed by atoms with Crippen molar-refractivity contribution < 1.29 is 22.7 Å². The van der Waals surface area contributed by atoms with Gasteiger partial charge in [0.2, 0.25) is 15.8 Å². The van der Waals surface area contributed by atoms with Crippen molar-refractivity contribution >= 4 is 27.8 Å². The van der Waals surface area contributed by atoms with Crippen molar-refractivity contribution in [2.24, 2.45) is 0 Å². The van der Waals surface area contributed by atoms with Gasteiger partial charge < -0.3 is 9.52 Å². The van der Waals surface area contributed by atoms with E-state index in [0.29, 0.717) is 18.2 Å². The number of carboxylic acids is 1. The number of rotatable bonds is 7. The number of carbonyl (C=O) groups is 1. The first kappa shape index (κ1) is 16.1. The van der Waals surface area contributed by atoms with Crippen molar-refractivity contribution in [2.45, 2.75) is 30.4 Å². The zero-order valence-corrected chi connectivity index (χ0v) is 12.6. The Morgan fingerprint density at radius 2 is 2.21 bits per heavy atom. The summed E-state index contributed by atoms with van der Waals surface area (Å²) in [6, 6.07) is 1.03. The van der Waals surface area contributed by atoms with Crippen LogP contribution in [0.5, 0.6) is 0 Å². The van der Waals surface area contributed by atoms with E-state index in [9.17, 15) is 13.2 Å². The molecule has 0 spiro atoms. The number of aryl methyl sites for hydroxylation is 1. The zero-order chi connectivity index (χ0) is 14.6. The van der Waals surface area contributed by atoms with Crippen molar-refractivity contribution in [2.75, 3.05) is 12.8 Å². The second-order valence-corrected chi connectivity index (χ2v) is 7.08. The minimum Gasteiger partial charge on any atom is -0.475 e. The van der Waals surface area contributed by atoms with Gasteiger partial charge in [-0.2, -0.15) is 11.8 Å². The Hall–Kier alpha value is -0.990. The normalized spacial score (nSPS) is 13.4. The summed E-state index contributed by atoms with van der Waals surface area (Å²) in [6.45, 7) is 3.73. The number of furan rings is 1. The number of hydrogen-bond acceptors (Lipinski definition) is 5. The number of sulfonamides is 1. The van der Waals surface area contributed by atoms with Crippen LogP contribution in [0.4, 0.5) is 0 Å². The first-order chi connectivity index (χ1) is 8.77. The van der Waals surface area contributed by atoms with Crippen LogP contribution >= 0.6 is 11.8 Å². The van der Waals surface area contributed by atoms with E-state index in [4.69, 9.17) is 9.52 Å². The van der Waals surface area contributed by atoms with Gasteiger partial charge in [-0.15, -0.1) is 0 Å². The number of hydrogen-bond donors (Lipinski definition) is 2. The lowest BCUT2D eigenvalue weighted by molar-refractivity contribution is 0.0661. The highest BCUT2D eigenvalue weighted by Gasteiger charge is 2.23. The highest BCUT2D eigenvalue weighted by molar-refractivity contribution is 7.99. The molecule has 19 heavy (non-hydrogen) atoms. The molecule has 1 aromatic rings. The van der Waals surface area contributed by atoms with E-state index < -0.39 is 16.0 Å². The summed E-state index contributed by atoms with van der Waals surface area (Å²) in [4.78, 5) is 10.6. The Labute approximate surface area is 116 Å². The molecule has 1 unspecified atom stereocenters. The lowest BCUT2D eigenvalue weighted by atomic mass is 10.3. The predicted molar refractivity (Wildman–Crippen MR) is 73.2 cm³/mol. The lowest BCUT2D eigenvalue weighted by Crippen LogP contribution is -2.26. The summed E-state index contributed by atoms with van der Waals surface area (Å²) in [7, 11) is -3.72. The zero-order valence-electron chi connectivity index (χ0n) is 11.0. The standard InChI is InChI=1S/C11H17NO5S2/c1-7(18-3)4-5-12-19(15,16)10-6-9(11(13)14)17-8(10)2/h6-7,12H,4-5H2,1-3H3,(H,13,14). The fourth-order valence-corrected chi connectivity index (χ4v) is 3.01. The van der Waals surface area contributed by atoms with E-state index in [2.05, 4.69) is 4.72 Å². The lowest BCUT2D eigenvalue weighted by Gasteiger charge is -2.09. The average Bonchev–Trinajstić information content (AvgIpc) is 2.71. The summed E-state index contributed by atoms with van der Waals surface area (Å²) in [5.41, 5.74) is 0. The topological polar surface area (TPSA) is 96.6 Å². The number of thioether (sulfide) groups is 1. The van der Waals surface area contributed by atoms with Gasteiger partial charge in [-0.3, -0.25) is 0 Å². The molecule has 0 saturated carbocycles. The van der Waals surface area contributed by atoms with E-state index in [-0.39, 0.29) is 16.4 Å². The third kappa shape index (κ3) is 4.26. The molecule has 0 bridgehead atoms. The van der Waals surface area contributed by atoms with Crippen LogP contribution in [0.15, 0.2) is 15.4 Å². The maximum Gasteiger partial charge on any atom is 0.371 e. The summed E-state index contributed by atoms with van der Waals surface area (Å²) >= 11 is 1.65. The number of nitrogens with one attached hydrogen (secondary N) is 1. The molecule has 0 aliphatic rings. The Kier molecular flexibility index (Phi) is 5.45.